The molecule has 0 aliphatic heterocycles. The number of halogens is 1. The topological polar surface area (TPSA) is 27.1 Å². The van der Waals surface area contributed by atoms with Crippen LogP contribution in [0.15, 0.2) is 78.9 Å². The van der Waals surface area contributed by atoms with Crippen LogP contribution in [0.5, 0.6) is 5.75 Å². The van der Waals surface area contributed by atoms with Gasteiger partial charge in [-0.05, 0) is 36.4 Å². The molecule has 25 heavy (non-hydrogen) atoms. The van der Waals surface area contributed by atoms with E-state index in [9.17, 15) is 4.39 Å². The molecule has 0 atom stereocenters. The number of hydrogen-bond donors (Lipinski definition) is 0. The van der Waals surface area contributed by atoms with Gasteiger partial charge in [0, 0.05) is 5.56 Å². The van der Waals surface area contributed by atoms with Gasteiger partial charge < -0.3 is 9.30 Å². The van der Waals surface area contributed by atoms with Crippen molar-refractivity contribution in [2.75, 3.05) is 6.61 Å². The van der Waals surface area contributed by atoms with Crippen LogP contribution in [-0.4, -0.2) is 16.2 Å². The Morgan fingerprint density at radius 3 is 2.36 bits per heavy atom. The van der Waals surface area contributed by atoms with Gasteiger partial charge in [0.2, 0.25) is 0 Å². The molecule has 4 aromatic rings. The van der Waals surface area contributed by atoms with Crippen LogP contribution in [0.1, 0.15) is 0 Å². The molecule has 0 N–H and O–H groups in total. The van der Waals surface area contributed by atoms with E-state index in [1.54, 1.807) is 12.1 Å². The Morgan fingerprint density at radius 2 is 1.56 bits per heavy atom. The molecular weight excluding hydrogens is 315 g/mol. The third-order valence-electron chi connectivity index (χ3n) is 4.08. The molecule has 0 radical (unpaired) electrons. The molecule has 0 aliphatic rings. The van der Waals surface area contributed by atoms with Crippen LogP contribution < -0.4 is 4.74 Å². The van der Waals surface area contributed by atoms with Gasteiger partial charge in [0.1, 0.15) is 24.0 Å². The highest BCUT2D eigenvalue weighted by molar-refractivity contribution is 5.80. The summed E-state index contributed by atoms with van der Waals surface area (Å²) in [4.78, 5) is 4.78. The fraction of sp³-hybridized carbons (Fsp3) is 0.0952. The zero-order valence-corrected chi connectivity index (χ0v) is 13.6. The van der Waals surface area contributed by atoms with Crippen molar-refractivity contribution in [1.82, 2.24) is 9.55 Å². The fourth-order valence-corrected chi connectivity index (χ4v) is 2.90. The molecule has 0 amide bonds. The Balaban J connectivity index is 1.62. The molecule has 1 aromatic heterocycles. The Bertz CT molecular complexity index is 978. The van der Waals surface area contributed by atoms with Crippen LogP contribution in [0, 0.1) is 5.82 Å². The van der Waals surface area contributed by atoms with Gasteiger partial charge in [-0.3, -0.25) is 0 Å². The van der Waals surface area contributed by atoms with Gasteiger partial charge >= 0.3 is 0 Å². The standard InChI is InChI=1S/C21H17FN2O/c22-17-10-12-18(13-11-17)25-15-14-24-20-9-5-4-8-19(20)23-21(24)16-6-2-1-3-7-16/h1-13H,14-15H2. The van der Waals surface area contributed by atoms with Gasteiger partial charge in [-0.1, -0.05) is 42.5 Å². The molecule has 4 heteroatoms. The molecular formula is C21H17FN2O. The number of fused-ring (bicyclic) bond motifs is 1. The van der Waals surface area contributed by atoms with E-state index in [0.29, 0.717) is 18.9 Å². The minimum atomic E-state index is -0.265. The molecule has 0 fully saturated rings. The van der Waals surface area contributed by atoms with Gasteiger partial charge in [0.25, 0.3) is 0 Å². The molecule has 1 heterocycles. The highest BCUT2D eigenvalue weighted by atomic mass is 19.1. The second-order valence-electron chi connectivity index (χ2n) is 5.74. The summed E-state index contributed by atoms with van der Waals surface area (Å²) in [6, 6.07) is 24.3. The molecule has 3 nitrogen and oxygen atoms in total. The smallest absolute Gasteiger partial charge is 0.141 e. The van der Waals surface area contributed by atoms with Gasteiger partial charge in [-0.2, -0.15) is 0 Å². The van der Waals surface area contributed by atoms with E-state index in [2.05, 4.69) is 22.8 Å². The van der Waals surface area contributed by atoms with E-state index in [0.717, 1.165) is 22.4 Å². The predicted molar refractivity (Wildman–Crippen MR) is 97.1 cm³/mol. The third-order valence-corrected chi connectivity index (χ3v) is 4.08. The minimum absolute atomic E-state index is 0.265. The average Bonchev–Trinajstić information content (AvgIpc) is 3.03. The normalized spacial score (nSPS) is 10.9. The molecule has 0 bridgehead atoms. The number of rotatable bonds is 5. The Morgan fingerprint density at radius 1 is 0.840 bits per heavy atom. The molecule has 0 saturated carbocycles. The van der Waals surface area contributed by atoms with Crippen molar-refractivity contribution in [3.63, 3.8) is 0 Å². The lowest BCUT2D eigenvalue weighted by Gasteiger charge is -2.11. The summed E-state index contributed by atoms with van der Waals surface area (Å²) in [6.45, 7) is 1.13. The quantitative estimate of drug-likeness (QED) is 0.518. The van der Waals surface area contributed by atoms with Crippen molar-refractivity contribution in [2.24, 2.45) is 0 Å². The summed E-state index contributed by atoms with van der Waals surface area (Å²) in [7, 11) is 0. The number of para-hydroxylation sites is 2. The second kappa shape index (κ2) is 6.77. The summed E-state index contributed by atoms with van der Waals surface area (Å²) in [5.41, 5.74) is 3.10. The molecule has 0 saturated heterocycles. The van der Waals surface area contributed by atoms with Gasteiger partial charge in [-0.15, -0.1) is 0 Å². The number of ether oxygens (including phenoxy) is 1. The first-order chi connectivity index (χ1) is 12.3. The van der Waals surface area contributed by atoms with Crippen LogP contribution in [0.25, 0.3) is 22.4 Å². The van der Waals surface area contributed by atoms with Crippen molar-refractivity contribution in [2.45, 2.75) is 6.54 Å². The first-order valence-electron chi connectivity index (χ1n) is 8.20. The van der Waals surface area contributed by atoms with Crippen molar-refractivity contribution in [3.8, 4) is 17.1 Å². The molecule has 4 rings (SSSR count). The summed E-state index contributed by atoms with van der Waals surface area (Å²) in [5, 5.41) is 0. The second-order valence-corrected chi connectivity index (χ2v) is 5.74. The Labute approximate surface area is 145 Å². The first kappa shape index (κ1) is 15.4. The van der Waals surface area contributed by atoms with E-state index >= 15 is 0 Å². The van der Waals surface area contributed by atoms with Crippen molar-refractivity contribution < 1.29 is 9.13 Å². The maximum absolute atomic E-state index is 13.0. The SMILES string of the molecule is Fc1ccc(OCCn2c(-c3ccccc3)nc3ccccc32)cc1. The maximum Gasteiger partial charge on any atom is 0.141 e. The molecule has 3 aromatic carbocycles. The van der Waals surface area contributed by atoms with Gasteiger partial charge in [-0.25, -0.2) is 9.37 Å². The average molecular weight is 332 g/mol. The summed E-state index contributed by atoms with van der Waals surface area (Å²) < 4.78 is 20.9. The molecule has 0 aliphatic carbocycles. The summed E-state index contributed by atoms with van der Waals surface area (Å²) in [6.07, 6.45) is 0. The van der Waals surface area contributed by atoms with Crippen LogP contribution >= 0.6 is 0 Å². The number of benzene rings is 3. The van der Waals surface area contributed by atoms with Crippen molar-refractivity contribution in [1.29, 1.82) is 0 Å². The van der Waals surface area contributed by atoms with Gasteiger partial charge in [0.05, 0.1) is 17.6 Å². The maximum atomic E-state index is 13.0. The first-order valence-corrected chi connectivity index (χ1v) is 8.20. The third kappa shape index (κ3) is 3.24. The summed E-state index contributed by atoms with van der Waals surface area (Å²) >= 11 is 0. The molecule has 0 spiro atoms. The Hall–Kier alpha value is -3.14. The van der Waals surface area contributed by atoms with Crippen molar-refractivity contribution in [3.05, 3.63) is 84.7 Å². The van der Waals surface area contributed by atoms with E-state index in [-0.39, 0.29) is 5.82 Å². The minimum Gasteiger partial charge on any atom is -0.492 e. The van der Waals surface area contributed by atoms with Gasteiger partial charge in [0.15, 0.2) is 0 Å². The van der Waals surface area contributed by atoms with Crippen LogP contribution in [0.2, 0.25) is 0 Å². The summed E-state index contributed by atoms with van der Waals surface area (Å²) in [5.74, 6) is 1.32. The number of nitrogens with zero attached hydrogens (tertiary/aromatic N) is 2. The van der Waals surface area contributed by atoms with E-state index in [1.807, 2.05) is 36.4 Å². The Kier molecular flexibility index (Phi) is 4.17. The largest absolute Gasteiger partial charge is 0.492 e. The zero-order valence-electron chi connectivity index (χ0n) is 13.6. The van der Waals surface area contributed by atoms with Crippen molar-refractivity contribution >= 4 is 11.0 Å². The lowest BCUT2D eigenvalue weighted by molar-refractivity contribution is 0.300. The van der Waals surface area contributed by atoms with Crippen LogP contribution in [-0.2, 0) is 6.54 Å². The number of aromatic nitrogens is 2. The monoisotopic (exact) mass is 332 g/mol. The van der Waals surface area contributed by atoms with Crippen LogP contribution in [0.4, 0.5) is 4.39 Å². The number of imidazole rings is 1. The molecule has 124 valence electrons. The van der Waals surface area contributed by atoms with Crippen LogP contribution in [0.3, 0.4) is 0 Å². The highest BCUT2D eigenvalue weighted by Gasteiger charge is 2.12. The van der Waals surface area contributed by atoms with E-state index < -0.39 is 0 Å². The van der Waals surface area contributed by atoms with E-state index in [4.69, 9.17) is 9.72 Å². The fourth-order valence-electron chi connectivity index (χ4n) is 2.90. The predicted octanol–water partition coefficient (Wildman–Crippen LogP) is 4.92. The number of hydrogen-bond acceptors (Lipinski definition) is 2. The van der Waals surface area contributed by atoms with E-state index in [1.165, 1.54) is 12.1 Å². The lowest BCUT2D eigenvalue weighted by atomic mass is 10.2. The molecule has 0 unspecified atom stereocenters. The lowest BCUT2D eigenvalue weighted by Crippen LogP contribution is -2.09. The highest BCUT2D eigenvalue weighted by Crippen LogP contribution is 2.24. The zero-order chi connectivity index (χ0) is 17.1.